The van der Waals surface area contributed by atoms with Crippen LogP contribution in [0.5, 0.6) is 0 Å². The van der Waals surface area contributed by atoms with Crippen molar-refractivity contribution in [1.29, 1.82) is 0 Å². The highest BCUT2D eigenvalue weighted by atomic mass is 35.5. The number of carbonyl (C=O) groups excluding carboxylic acids is 1. The highest BCUT2D eigenvalue weighted by Gasteiger charge is 2.29. The Morgan fingerprint density at radius 1 is 1.20 bits per heavy atom. The predicted molar refractivity (Wildman–Crippen MR) is 159 cm³/mol. The zero-order valence-corrected chi connectivity index (χ0v) is 25.1. The molecule has 1 saturated heterocycles. The number of alkyl carbamates (subject to hydrolysis) is 1. The van der Waals surface area contributed by atoms with Gasteiger partial charge < -0.3 is 25.0 Å². The van der Waals surface area contributed by atoms with Gasteiger partial charge in [0.15, 0.2) is 0 Å². The van der Waals surface area contributed by atoms with E-state index in [9.17, 15) is 14.0 Å². The first-order valence-corrected chi connectivity index (χ1v) is 15.1. The van der Waals surface area contributed by atoms with Crippen molar-refractivity contribution in [3.05, 3.63) is 51.7 Å². The summed E-state index contributed by atoms with van der Waals surface area (Å²) in [7, 11) is 0. The SMILES string of the molecule is CC(C)(C)OC(=O)NCCCN(c1ccc(F)cc1)[C@H]1CC[C@@H](n2ncc(NCC3CCCOC3)c(Cl)c2=O)CC1. The molecule has 4 rings (SSSR count). The van der Waals surface area contributed by atoms with Gasteiger partial charge in [0.1, 0.15) is 16.4 Å². The Kier molecular flexibility index (Phi) is 10.9. The molecule has 1 amide bonds. The van der Waals surface area contributed by atoms with Crippen molar-refractivity contribution >= 4 is 29.1 Å². The normalized spacial score (nSPS) is 21.2. The standard InChI is InChI=1S/C30H43ClFN5O4/c1-30(2,3)41-29(39)33-15-5-16-36(23-9-7-22(32)8-10-23)24-11-13-25(14-12-24)37-28(38)27(31)26(19-35-37)34-18-21-6-4-17-40-20-21/h7-10,19,21,24-25,34H,4-6,11-18,20H2,1-3H3,(H,33,39)/t21?,24-,25+. The molecule has 1 aliphatic carbocycles. The van der Waals surface area contributed by atoms with Crippen LogP contribution in [0.2, 0.25) is 5.02 Å². The molecule has 2 fully saturated rings. The second kappa shape index (κ2) is 14.4. The van der Waals surface area contributed by atoms with Crippen LogP contribution in [-0.2, 0) is 9.47 Å². The summed E-state index contributed by atoms with van der Waals surface area (Å²) < 4.78 is 26.1. The molecule has 2 aliphatic rings. The van der Waals surface area contributed by atoms with Gasteiger partial charge in [0.2, 0.25) is 0 Å². The Labute approximate surface area is 246 Å². The zero-order chi connectivity index (χ0) is 29.4. The van der Waals surface area contributed by atoms with Crippen molar-refractivity contribution < 1.29 is 18.7 Å². The maximum Gasteiger partial charge on any atom is 0.407 e. The number of hydrogen-bond donors (Lipinski definition) is 2. The highest BCUT2D eigenvalue weighted by Crippen LogP contribution is 2.33. The van der Waals surface area contributed by atoms with Crippen LogP contribution in [0, 0.1) is 11.7 Å². The van der Waals surface area contributed by atoms with E-state index in [4.69, 9.17) is 21.1 Å². The van der Waals surface area contributed by atoms with E-state index in [-0.39, 0.29) is 28.5 Å². The van der Waals surface area contributed by atoms with Crippen molar-refractivity contribution in [1.82, 2.24) is 15.1 Å². The summed E-state index contributed by atoms with van der Waals surface area (Å²) in [4.78, 5) is 27.4. The summed E-state index contributed by atoms with van der Waals surface area (Å²) >= 11 is 6.49. The molecule has 2 heterocycles. The van der Waals surface area contributed by atoms with Gasteiger partial charge in [-0.25, -0.2) is 13.9 Å². The maximum atomic E-state index is 13.7. The maximum absolute atomic E-state index is 13.7. The number of carbonyl (C=O) groups is 1. The van der Waals surface area contributed by atoms with E-state index in [0.29, 0.717) is 44.3 Å². The molecule has 1 aromatic carbocycles. The lowest BCUT2D eigenvalue weighted by Crippen LogP contribution is -2.42. The van der Waals surface area contributed by atoms with Crippen LogP contribution in [0.25, 0.3) is 0 Å². The lowest BCUT2D eigenvalue weighted by Gasteiger charge is -2.38. The number of anilines is 2. The Morgan fingerprint density at radius 3 is 2.59 bits per heavy atom. The molecule has 1 aliphatic heterocycles. The van der Waals surface area contributed by atoms with Gasteiger partial charge in [0.25, 0.3) is 5.56 Å². The minimum atomic E-state index is -0.550. The summed E-state index contributed by atoms with van der Waals surface area (Å²) in [5, 5.41) is 10.8. The van der Waals surface area contributed by atoms with Crippen LogP contribution in [0.15, 0.2) is 35.3 Å². The average Bonchev–Trinajstić information content (AvgIpc) is 2.94. The molecule has 11 heteroatoms. The first-order chi connectivity index (χ1) is 19.6. The third kappa shape index (κ3) is 9.07. The Hall–Kier alpha value is -2.85. The second-order valence-electron chi connectivity index (χ2n) is 12.0. The number of hydrogen-bond acceptors (Lipinski definition) is 7. The van der Waals surface area contributed by atoms with E-state index in [1.165, 1.54) is 16.8 Å². The molecule has 2 aromatic rings. The van der Waals surface area contributed by atoms with Crippen LogP contribution in [-0.4, -0.2) is 60.4 Å². The molecule has 226 valence electrons. The van der Waals surface area contributed by atoms with Gasteiger partial charge in [-0.3, -0.25) is 4.79 Å². The zero-order valence-electron chi connectivity index (χ0n) is 24.3. The molecule has 9 nitrogen and oxygen atoms in total. The van der Waals surface area contributed by atoms with Gasteiger partial charge in [-0.2, -0.15) is 5.10 Å². The number of ether oxygens (including phenoxy) is 2. The molecule has 0 radical (unpaired) electrons. The Morgan fingerprint density at radius 2 is 1.93 bits per heavy atom. The fraction of sp³-hybridized carbons (Fsp3) is 0.633. The summed E-state index contributed by atoms with van der Waals surface area (Å²) in [6.07, 6.45) is 7.28. The molecule has 2 N–H and O–H groups in total. The van der Waals surface area contributed by atoms with Crippen LogP contribution in [0.1, 0.15) is 71.8 Å². The van der Waals surface area contributed by atoms with Crippen LogP contribution in [0.4, 0.5) is 20.6 Å². The largest absolute Gasteiger partial charge is 0.444 e. The van der Waals surface area contributed by atoms with Crippen molar-refractivity contribution in [2.75, 3.05) is 43.1 Å². The minimum Gasteiger partial charge on any atom is -0.444 e. The number of nitrogens with zero attached hydrogens (tertiary/aromatic N) is 3. The number of amides is 1. The van der Waals surface area contributed by atoms with Gasteiger partial charge >= 0.3 is 6.09 Å². The molecule has 1 atom stereocenters. The van der Waals surface area contributed by atoms with Crippen molar-refractivity contribution in [2.45, 2.75) is 83.4 Å². The molecule has 0 spiro atoms. The highest BCUT2D eigenvalue weighted by molar-refractivity contribution is 6.32. The Bertz CT molecular complexity index is 1190. The number of rotatable bonds is 10. The second-order valence-corrected chi connectivity index (χ2v) is 12.4. The van der Waals surface area contributed by atoms with E-state index in [1.54, 1.807) is 18.3 Å². The number of halogens is 2. The van der Waals surface area contributed by atoms with E-state index in [0.717, 1.165) is 50.8 Å². The fourth-order valence-electron chi connectivity index (χ4n) is 5.57. The minimum absolute atomic E-state index is 0.0408. The average molecular weight is 592 g/mol. The van der Waals surface area contributed by atoms with Gasteiger partial charge in [0, 0.05) is 38.0 Å². The molecule has 1 saturated carbocycles. The number of benzene rings is 1. The fourth-order valence-corrected chi connectivity index (χ4v) is 5.78. The van der Waals surface area contributed by atoms with Crippen molar-refractivity contribution in [3.8, 4) is 0 Å². The molecule has 1 aromatic heterocycles. The quantitative estimate of drug-likeness (QED) is 0.338. The van der Waals surface area contributed by atoms with Crippen molar-refractivity contribution in [2.24, 2.45) is 5.92 Å². The summed E-state index contributed by atoms with van der Waals surface area (Å²) in [5.41, 5.74) is 0.674. The van der Waals surface area contributed by atoms with E-state index < -0.39 is 11.7 Å². The predicted octanol–water partition coefficient (Wildman–Crippen LogP) is 5.78. The third-order valence-corrected chi connectivity index (χ3v) is 8.00. The monoisotopic (exact) mass is 591 g/mol. The van der Waals surface area contributed by atoms with Gasteiger partial charge in [-0.15, -0.1) is 0 Å². The number of aromatic nitrogens is 2. The Balaban J connectivity index is 1.35. The first kappa shape index (κ1) is 31.1. The molecular weight excluding hydrogens is 549 g/mol. The topological polar surface area (TPSA) is 97.7 Å². The summed E-state index contributed by atoms with van der Waals surface area (Å²) in [6, 6.07) is 6.69. The first-order valence-electron chi connectivity index (χ1n) is 14.7. The smallest absolute Gasteiger partial charge is 0.407 e. The lowest BCUT2D eigenvalue weighted by molar-refractivity contribution is 0.0527. The molecular formula is C30H43ClFN5O4. The van der Waals surface area contributed by atoms with Gasteiger partial charge in [0.05, 0.1) is 24.5 Å². The number of nitrogens with one attached hydrogen (secondary N) is 2. The summed E-state index contributed by atoms with van der Waals surface area (Å²) in [5.74, 6) is 0.117. The molecule has 41 heavy (non-hydrogen) atoms. The third-order valence-electron chi connectivity index (χ3n) is 7.63. The van der Waals surface area contributed by atoms with E-state index in [1.807, 2.05) is 20.8 Å². The molecule has 1 unspecified atom stereocenters. The van der Waals surface area contributed by atoms with Crippen LogP contribution in [0.3, 0.4) is 0 Å². The van der Waals surface area contributed by atoms with Gasteiger partial charge in [-0.1, -0.05) is 11.6 Å². The lowest BCUT2D eigenvalue weighted by atomic mass is 9.89. The van der Waals surface area contributed by atoms with E-state index in [2.05, 4.69) is 20.6 Å². The van der Waals surface area contributed by atoms with E-state index >= 15 is 0 Å². The van der Waals surface area contributed by atoms with Gasteiger partial charge in [-0.05, 0) is 95.9 Å². The van der Waals surface area contributed by atoms with Crippen molar-refractivity contribution in [3.63, 3.8) is 0 Å². The molecule has 0 bridgehead atoms. The van der Waals surface area contributed by atoms with Crippen LogP contribution < -0.4 is 21.1 Å². The summed E-state index contributed by atoms with van der Waals surface area (Å²) in [6.45, 7) is 8.86. The van der Waals surface area contributed by atoms with Crippen LogP contribution >= 0.6 is 11.6 Å².